The van der Waals surface area contributed by atoms with Crippen molar-refractivity contribution >= 4 is 29.2 Å². The molecule has 3 atom stereocenters. The Morgan fingerprint density at radius 1 is 1.02 bits per heavy atom. The molecule has 0 bridgehead atoms. The standard InChI is InChI=1S/C31H45N5O5/c1-21(2)19-24(33-28(38)22-7-9-23(10-8-22)34-17-14-32-15-18-34)29(39)35-16-11-25-27(35)26(37)20-36(25)30(40)31(41-3)12-5-4-6-13-31/h7-10,21,24-25,27,32H,4-6,11-20H2,1-3H3,(H,33,38). The lowest BCUT2D eigenvalue weighted by Gasteiger charge is -2.38. The van der Waals surface area contributed by atoms with Gasteiger partial charge in [0.05, 0.1) is 12.6 Å². The number of methoxy groups -OCH3 is 1. The number of carbonyl (C=O) groups excluding carboxylic acids is 4. The van der Waals surface area contributed by atoms with Crippen LogP contribution in [0.2, 0.25) is 0 Å². The first-order valence-electron chi connectivity index (χ1n) is 15.3. The van der Waals surface area contributed by atoms with Crippen LogP contribution in [0.3, 0.4) is 0 Å². The van der Waals surface area contributed by atoms with Crippen LogP contribution in [-0.2, 0) is 19.1 Å². The van der Waals surface area contributed by atoms with E-state index in [0.29, 0.717) is 37.8 Å². The van der Waals surface area contributed by atoms with Crippen molar-refractivity contribution in [2.75, 3.05) is 51.3 Å². The Balaban J connectivity index is 1.27. The third kappa shape index (κ3) is 6.00. The zero-order valence-corrected chi connectivity index (χ0v) is 24.7. The molecule has 10 nitrogen and oxygen atoms in total. The van der Waals surface area contributed by atoms with Crippen LogP contribution in [0.1, 0.15) is 69.2 Å². The highest BCUT2D eigenvalue weighted by Gasteiger charge is 2.55. The summed E-state index contributed by atoms with van der Waals surface area (Å²) >= 11 is 0. The first-order valence-corrected chi connectivity index (χ1v) is 15.3. The van der Waals surface area contributed by atoms with Gasteiger partial charge in [0.2, 0.25) is 5.91 Å². The molecule has 224 valence electrons. The second-order valence-electron chi connectivity index (χ2n) is 12.4. The van der Waals surface area contributed by atoms with Crippen LogP contribution in [-0.4, -0.2) is 103 Å². The van der Waals surface area contributed by atoms with Gasteiger partial charge in [-0.2, -0.15) is 0 Å². The van der Waals surface area contributed by atoms with Crippen LogP contribution in [0.25, 0.3) is 0 Å². The van der Waals surface area contributed by atoms with Gasteiger partial charge in [-0.15, -0.1) is 0 Å². The number of Topliss-reactive ketones (excluding diaryl/α,β-unsaturated/α-hetero) is 1. The molecule has 2 N–H and O–H groups in total. The van der Waals surface area contributed by atoms with E-state index in [9.17, 15) is 19.2 Å². The molecule has 1 aromatic carbocycles. The number of likely N-dealkylation sites (tertiary alicyclic amines) is 2. The van der Waals surface area contributed by atoms with Crippen molar-refractivity contribution in [3.05, 3.63) is 29.8 Å². The van der Waals surface area contributed by atoms with E-state index < -0.39 is 17.7 Å². The Morgan fingerprint density at radius 3 is 2.34 bits per heavy atom. The fourth-order valence-electron chi connectivity index (χ4n) is 7.11. The van der Waals surface area contributed by atoms with Crippen LogP contribution >= 0.6 is 0 Å². The zero-order valence-electron chi connectivity index (χ0n) is 24.7. The van der Waals surface area contributed by atoms with E-state index in [1.54, 1.807) is 29.0 Å². The van der Waals surface area contributed by atoms with Gasteiger partial charge >= 0.3 is 0 Å². The number of ketones is 1. The van der Waals surface area contributed by atoms with Gasteiger partial charge in [-0.1, -0.05) is 33.1 Å². The number of amides is 3. The first-order chi connectivity index (χ1) is 19.7. The number of hydrogen-bond donors (Lipinski definition) is 2. The zero-order chi connectivity index (χ0) is 29.1. The lowest BCUT2D eigenvalue weighted by Crippen LogP contribution is -2.54. The summed E-state index contributed by atoms with van der Waals surface area (Å²) in [6, 6.07) is 5.73. The van der Waals surface area contributed by atoms with E-state index in [1.165, 1.54) is 0 Å². The maximum atomic E-state index is 13.9. The average molecular weight is 568 g/mol. The van der Waals surface area contributed by atoms with Crippen LogP contribution in [0.4, 0.5) is 5.69 Å². The van der Waals surface area contributed by atoms with E-state index in [2.05, 4.69) is 15.5 Å². The molecular formula is C31H45N5O5. The molecule has 1 saturated carbocycles. The SMILES string of the molecule is COC1(C(=O)N2CC(=O)C3C2CCN3C(=O)C(CC(C)C)NC(=O)c2ccc(N3CCNCC3)cc2)CCCCC1. The number of anilines is 1. The van der Waals surface area contributed by atoms with Gasteiger partial charge in [0.25, 0.3) is 11.8 Å². The highest BCUT2D eigenvalue weighted by molar-refractivity contribution is 6.01. The topological polar surface area (TPSA) is 111 Å². The number of nitrogens with zero attached hydrogens (tertiary/aromatic N) is 3. The van der Waals surface area contributed by atoms with Crippen molar-refractivity contribution in [1.82, 2.24) is 20.4 Å². The Morgan fingerprint density at radius 2 is 1.71 bits per heavy atom. The van der Waals surface area contributed by atoms with Gasteiger partial charge in [-0.3, -0.25) is 19.2 Å². The number of rotatable bonds is 8. The molecule has 5 rings (SSSR count). The van der Waals surface area contributed by atoms with Crippen molar-refractivity contribution in [2.24, 2.45) is 5.92 Å². The summed E-state index contributed by atoms with van der Waals surface area (Å²) in [6.45, 7) is 8.11. The molecule has 3 aliphatic heterocycles. The summed E-state index contributed by atoms with van der Waals surface area (Å²) in [7, 11) is 1.58. The predicted molar refractivity (Wildman–Crippen MR) is 156 cm³/mol. The lowest BCUT2D eigenvalue weighted by molar-refractivity contribution is -0.160. The third-order valence-electron chi connectivity index (χ3n) is 9.33. The number of piperazine rings is 1. The molecule has 41 heavy (non-hydrogen) atoms. The third-order valence-corrected chi connectivity index (χ3v) is 9.33. The fraction of sp³-hybridized carbons (Fsp3) is 0.677. The highest BCUT2D eigenvalue weighted by atomic mass is 16.5. The summed E-state index contributed by atoms with van der Waals surface area (Å²) in [5, 5.41) is 6.31. The maximum Gasteiger partial charge on any atom is 0.255 e. The second kappa shape index (κ2) is 12.5. The summed E-state index contributed by atoms with van der Waals surface area (Å²) in [5.41, 5.74) is 0.693. The van der Waals surface area contributed by atoms with Gasteiger partial charge in [0.15, 0.2) is 5.78 Å². The number of ether oxygens (including phenoxy) is 1. The molecular weight excluding hydrogens is 522 g/mol. The van der Waals surface area contributed by atoms with Crippen molar-refractivity contribution in [3.8, 4) is 0 Å². The summed E-state index contributed by atoms with van der Waals surface area (Å²) in [5.74, 6) is -0.636. The van der Waals surface area contributed by atoms with Crippen LogP contribution in [0.15, 0.2) is 24.3 Å². The van der Waals surface area contributed by atoms with Crippen LogP contribution in [0, 0.1) is 5.92 Å². The molecule has 1 aromatic rings. The van der Waals surface area contributed by atoms with E-state index in [0.717, 1.165) is 51.1 Å². The average Bonchev–Trinajstić information content (AvgIpc) is 3.58. The molecule has 0 aromatic heterocycles. The van der Waals surface area contributed by atoms with Crippen molar-refractivity contribution in [1.29, 1.82) is 0 Å². The molecule has 0 spiro atoms. The lowest BCUT2D eigenvalue weighted by atomic mass is 9.83. The van der Waals surface area contributed by atoms with Crippen molar-refractivity contribution in [3.63, 3.8) is 0 Å². The van der Waals surface area contributed by atoms with Gasteiger partial charge in [-0.25, -0.2) is 0 Å². The van der Waals surface area contributed by atoms with Gasteiger partial charge in [0.1, 0.15) is 17.7 Å². The van der Waals surface area contributed by atoms with Gasteiger partial charge < -0.3 is 30.1 Å². The minimum atomic E-state index is -0.876. The highest BCUT2D eigenvalue weighted by Crippen LogP contribution is 2.38. The van der Waals surface area contributed by atoms with E-state index >= 15 is 0 Å². The maximum absolute atomic E-state index is 13.9. The molecule has 3 saturated heterocycles. The molecule has 3 unspecified atom stereocenters. The normalized spacial score (nSPS) is 24.9. The van der Waals surface area contributed by atoms with Crippen molar-refractivity contribution < 1.29 is 23.9 Å². The number of nitrogens with one attached hydrogen (secondary N) is 2. The van der Waals surface area contributed by atoms with Crippen LogP contribution in [0.5, 0.6) is 0 Å². The van der Waals surface area contributed by atoms with E-state index in [4.69, 9.17) is 4.74 Å². The molecule has 4 aliphatic rings. The monoisotopic (exact) mass is 567 g/mol. The molecule has 4 fully saturated rings. The molecule has 3 heterocycles. The molecule has 1 aliphatic carbocycles. The summed E-state index contributed by atoms with van der Waals surface area (Å²) in [6.07, 6.45) is 5.25. The Hall–Kier alpha value is -2.98. The Kier molecular flexibility index (Phi) is 8.99. The van der Waals surface area contributed by atoms with Gasteiger partial charge in [-0.05, 0) is 55.9 Å². The van der Waals surface area contributed by atoms with Crippen LogP contribution < -0.4 is 15.5 Å². The molecule has 0 radical (unpaired) electrons. The Bertz CT molecular complexity index is 1130. The summed E-state index contributed by atoms with van der Waals surface area (Å²) < 4.78 is 5.78. The quantitative estimate of drug-likeness (QED) is 0.494. The molecule has 10 heteroatoms. The number of benzene rings is 1. The van der Waals surface area contributed by atoms with Gasteiger partial charge in [0, 0.05) is 51.1 Å². The number of carbonyl (C=O) groups is 4. The second-order valence-corrected chi connectivity index (χ2v) is 12.4. The minimum Gasteiger partial charge on any atom is -0.369 e. The molecule has 3 amide bonds. The fourth-order valence-corrected chi connectivity index (χ4v) is 7.11. The largest absolute Gasteiger partial charge is 0.369 e. The summed E-state index contributed by atoms with van der Waals surface area (Å²) in [4.78, 5) is 59.8. The van der Waals surface area contributed by atoms with E-state index in [1.807, 2.05) is 26.0 Å². The smallest absolute Gasteiger partial charge is 0.255 e. The Labute approximate surface area is 243 Å². The number of fused-ring (bicyclic) bond motifs is 1. The predicted octanol–water partition coefficient (Wildman–Crippen LogP) is 1.97. The number of hydrogen-bond acceptors (Lipinski definition) is 7. The van der Waals surface area contributed by atoms with Crippen molar-refractivity contribution in [2.45, 2.75) is 82.5 Å². The van der Waals surface area contributed by atoms with E-state index in [-0.39, 0.29) is 42.0 Å². The minimum absolute atomic E-state index is 0.00366. The first kappa shape index (κ1) is 29.5.